The minimum Gasteiger partial charge on any atom is -0.363 e. The molecule has 4 aliphatic rings. The maximum Gasteiger partial charge on any atom is 0.315 e. The summed E-state index contributed by atoms with van der Waals surface area (Å²) in [6.45, 7) is 10.8. The van der Waals surface area contributed by atoms with E-state index < -0.39 is 73.2 Å². The molecule has 0 aromatic carbocycles. The fourth-order valence-corrected chi connectivity index (χ4v) is 8.62. The highest BCUT2D eigenvalue weighted by molar-refractivity contribution is 7.92. The highest BCUT2D eigenvalue weighted by Gasteiger charge is 2.51. The topological polar surface area (TPSA) is 185 Å². The Balaban J connectivity index is 1.54. The Morgan fingerprint density at radius 1 is 0.891 bits per heavy atom. The number of carbonyl (C=O) groups is 5. The summed E-state index contributed by atoms with van der Waals surface area (Å²) in [5.74, 6) is -2.59. The molecular weight excluding hydrogens is 610 g/mol. The predicted molar refractivity (Wildman–Crippen MR) is 174 cm³/mol. The number of hydrogen-bond donors (Lipinski definition) is 4. The second kappa shape index (κ2) is 13.4. The van der Waals surface area contributed by atoms with Gasteiger partial charge in [0.1, 0.15) is 12.1 Å². The lowest BCUT2D eigenvalue weighted by atomic mass is 9.83. The van der Waals surface area contributed by atoms with Gasteiger partial charge in [-0.3, -0.25) is 19.2 Å². The number of hydrogen-bond acceptors (Lipinski definition) is 7. The van der Waals surface area contributed by atoms with Gasteiger partial charge in [-0.05, 0) is 82.5 Å². The molecule has 46 heavy (non-hydrogen) atoms. The molecule has 0 radical (unpaired) electrons. The predicted octanol–water partition coefficient (Wildman–Crippen LogP) is 2.58. The summed E-state index contributed by atoms with van der Waals surface area (Å²) in [6.07, 6.45) is 8.25. The van der Waals surface area contributed by atoms with E-state index in [0.717, 1.165) is 44.9 Å². The summed E-state index contributed by atoms with van der Waals surface area (Å²) >= 11 is 0. The molecular formula is C33H55N5O7S. The van der Waals surface area contributed by atoms with E-state index in [2.05, 4.69) is 16.0 Å². The van der Waals surface area contributed by atoms with E-state index in [1.165, 1.54) is 4.90 Å². The quantitative estimate of drug-likeness (QED) is 0.231. The number of nitrogens with one attached hydrogen (secondary N) is 3. The average Bonchev–Trinajstić information content (AvgIpc) is 3.88. The number of carbonyl (C=O) groups excluding carboxylic acids is 5. The van der Waals surface area contributed by atoms with E-state index in [4.69, 9.17) is 5.73 Å². The Kier molecular flexibility index (Phi) is 10.6. The first kappa shape index (κ1) is 36.1. The van der Waals surface area contributed by atoms with Crippen molar-refractivity contribution in [3.05, 3.63) is 0 Å². The van der Waals surface area contributed by atoms with E-state index in [1.807, 2.05) is 20.8 Å². The van der Waals surface area contributed by atoms with Gasteiger partial charge in [-0.25, -0.2) is 13.2 Å². The number of ketones is 1. The van der Waals surface area contributed by atoms with Gasteiger partial charge in [-0.2, -0.15) is 0 Å². The minimum atomic E-state index is -3.55. The summed E-state index contributed by atoms with van der Waals surface area (Å²) in [5.41, 5.74) is 3.61. The average molecular weight is 666 g/mol. The molecule has 0 aromatic heterocycles. The fourth-order valence-electron chi connectivity index (χ4n) is 7.10. The van der Waals surface area contributed by atoms with Crippen molar-refractivity contribution in [3.63, 3.8) is 0 Å². The number of nitrogens with zero attached hydrogens (tertiary/aromatic N) is 1. The van der Waals surface area contributed by atoms with Crippen LogP contribution in [0.1, 0.15) is 112 Å². The number of sulfone groups is 1. The monoisotopic (exact) mass is 665 g/mol. The maximum atomic E-state index is 14.3. The van der Waals surface area contributed by atoms with Crippen molar-refractivity contribution in [2.24, 2.45) is 28.9 Å². The molecule has 0 spiro atoms. The van der Waals surface area contributed by atoms with Gasteiger partial charge < -0.3 is 26.6 Å². The van der Waals surface area contributed by atoms with E-state index in [-0.39, 0.29) is 23.5 Å². The number of amides is 5. The first-order valence-corrected chi connectivity index (χ1v) is 18.7. The fraction of sp³-hybridized carbons (Fsp3) is 0.848. The lowest BCUT2D eigenvalue weighted by molar-refractivity contribution is -0.144. The largest absolute Gasteiger partial charge is 0.363 e. The third kappa shape index (κ3) is 8.60. The summed E-state index contributed by atoms with van der Waals surface area (Å²) in [4.78, 5) is 67.8. The zero-order valence-electron chi connectivity index (χ0n) is 28.4. The van der Waals surface area contributed by atoms with Gasteiger partial charge in [-0.1, -0.05) is 52.9 Å². The van der Waals surface area contributed by atoms with Crippen molar-refractivity contribution in [2.45, 2.75) is 141 Å². The SMILES string of the molecule is CC(C)(C)[C@H](NC(=O)NC1(CS(=O)(=O)C(C)(C)C)CCCCC1)C(=O)N1CCC(C2CC2)[C@H]1C(=O)NC(CC1CC1)C(=O)C(N)=O. The van der Waals surface area contributed by atoms with Crippen molar-refractivity contribution in [1.82, 2.24) is 20.9 Å². The lowest BCUT2D eigenvalue weighted by Gasteiger charge is -2.41. The van der Waals surface area contributed by atoms with Crippen LogP contribution in [0, 0.1) is 23.2 Å². The van der Waals surface area contributed by atoms with Crippen molar-refractivity contribution in [3.8, 4) is 0 Å². The van der Waals surface area contributed by atoms with E-state index in [9.17, 15) is 32.4 Å². The van der Waals surface area contributed by atoms with Gasteiger partial charge >= 0.3 is 6.03 Å². The number of Topliss-reactive ketones (excluding diaryl/α,β-unsaturated/α-hetero) is 1. The molecule has 1 heterocycles. The van der Waals surface area contributed by atoms with Gasteiger partial charge in [0.2, 0.25) is 17.6 Å². The lowest BCUT2D eigenvalue weighted by Crippen LogP contribution is -2.64. The van der Waals surface area contributed by atoms with Gasteiger partial charge in [-0.15, -0.1) is 0 Å². The Labute approximate surface area is 274 Å². The van der Waals surface area contributed by atoms with Crippen LogP contribution in [-0.4, -0.2) is 83.6 Å². The molecule has 3 aliphatic carbocycles. The van der Waals surface area contributed by atoms with E-state index in [1.54, 1.807) is 20.8 Å². The Hall–Kier alpha value is -2.70. The van der Waals surface area contributed by atoms with Crippen LogP contribution in [0.25, 0.3) is 0 Å². The second-order valence-corrected chi connectivity index (χ2v) is 19.1. The molecule has 4 fully saturated rings. The van der Waals surface area contributed by atoms with Crippen molar-refractivity contribution in [2.75, 3.05) is 12.3 Å². The molecule has 4 rings (SSSR count). The molecule has 5 amide bonds. The van der Waals surface area contributed by atoms with Gasteiger partial charge in [0.05, 0.1) is 22.1 Å². The second-order valence-electron chi connectivity index (χ2n) is 16.3. The molecule has 0 aromatic rings. The van der Waals surface area contributed by atoms with Crippen LogP contribution in [0.5, 0.6) is 0 Å². The van der Waals surface area contributed by atoms with Gasteiger partial charge in [0, 0.05) is 6.54 Å². The van der Waals surface area contributed by atoms with Crippen LogP contribution < -0.4 is 21.7 Å². The molecule has 3 saturated carbocycles. The van der Waals surface area contributed by atoms with E-state index >= 15 is 0 Å². The Bertz CT molecular complexity index is 1300. The molecule has 0 bridgehead atoms. The standard InChI is InChI=1S/C33H55N5O7S/c1-31(2,3)26(36-30(43)37-33(15-8-7-9-16-33)19-46(44,45)32(4,5)6)29(42)38-17-14-22(21-12-13-21)24(38)28(41)35-23(18-20-10-11-20)25(39)27(34)40/h20-24,26H,7-19H2,1-6H3,(H2,34,40)(H,35,41)(H2,36,37,43)/t22?,23?,24-,26+/m0/s1. The summed E-state index contributed by atoms with van der Waals surface area (Å²) in [6, 6.07) is -3.52. The summed E-state index contributed by atoms with van der Waals surface area (Å²) in [5, 5.41) is 8.65. The third-order valence-corrected chi connectivity index (χ3v) is 13.1. The van der Waals surface area contributed by atoms with Crippen LogP contribution in [0.4, 0.5) is 4.79 Å². The molecule has 1 saturated heterocycles. The van der Waals surface area contributed by atoms with Crippen LogP contribution in [0.3, 0.4) is 0 Å². The highest BCUT2D eigenvalue weighted by atomic mass is 32.2. The third-order valence-electron chi connectivity index (χ3n) is 10.3. The van der Waals surface area contributed by atoms with Gasteiger partial charge in [0.15, 0.2) is 9.84 Å². The van der Waals surface area contributed by atoms with Crippen LogP contribution in [0.2, 0.25) is 0 Å². The van der Waals surface area contributed by atoms with Crippen molar-refractivity contribution < 1.29 is 32.4 Å². The molecule has 4 atom stereocenters. The molecule has 2 unspecified atom stereocenters. The minimum absolute atomic E-state index is 0.100. The zero-order chi connectivity index (χ0) is 34.2. The number of likely N-dealkylation sites (tertiary alicyclic amines) is 1. The number of urea groups is 1. The number of nitrogens with two attached hydrogens (primary N) is 1. The molecule has 13 heteroatoms. The number of primary amides is 1. The van der Waals surface area contributed by atoms with Crippen LogP contribution in [-0.2, 0) is 29.0 Å². The highest BCUT2D eigenvalue weighted by Crippen LogP contribution is 2.45. The van der Waals surface area contributed by atoms with Gasteiger partial charge in [0.25, 0.3) is 5.91 Å². The maximum absolute atomic E-state index is 14.3. The molecule has 5 N–H and O–H groups in total. The smallest absolute Gasteiger partial charge is 0.315 e. The zero-order valence-corrected chi connectivity index (χ0v) is 29.3. The van der Waals surface area contributed by atoms with E-state index in [0.29, 0.717) is 32.2 Å². The molecule has 12 nitrogen and oxygen atoms in total. The van der Waals surface area contributed by atoms with Crippen LogP contribution in [0.15, 0.2) is 0 Å². The van der Waals surface area contributed by atoms with Crippen molar-refractivity contribution >= 4 is 39.4 Å². The van der Waals surface area contributed by atoms with Crippen molar-refractivity contribution in [1.29, 1.82) is 0 Å². The molecule has 1 aliphatic heterocycles. The first-order chi connectivity index (χ1) is 21.2. The van der Waals surface area contributed by atoms with Crippen LogP contribution >= 0.6 is 0 Å². The number of rotatable bonds is 12. The normalized spacial score (nSPS) is 24.9. The Morgan fingerprint density at radius 3 is 2.00 bits per heavy atom. The first-order valence-electron chi connectivity index (χ1n) is 17.0. The Morgan fingerprint density at radius 2 is 1.50 bits per heavy atom. The molecule has 260 valence electrons. The summed E-state index contributed by atoms with van der Waals surface area (Å²) in [7, 11) is -3.55. The summed E-state index contributed by atoms with van der Waals surface area (Å²) < 4.78 is 25.5.